The number of pyridine rings is 1. The number of nitrogens with one attached hydrogen (secondary N) is 1. The minimum atomic E-state index is -0.157. The second-order valence-electron chi connectivity index (χ2n) is 9.86. The number of hydrogen-bond acceptors (Lipinski definition) is 7. The van der Waals surface area contributed by atoms with Crippen LogP contribution in [0.2, 0.25) is 0 Å². The molecule has 7 nitrogen and oxygen atoms in total. The van der Waals surface area contributed by atoms with Gasteiger partial charge in [0.05, 0.1) is 35.3 Å². The maximum Gasteiger partial charge on any atom is 0.116 e. The molecule has 0 bridgehead atoms. The fraction of sp³-hybridized carbons (Fsp3) is 0.273. The average Bonchev–Trinajstić information content (AvgIpc) is 3.30. The van der Waals surface area contributed by atoms with Gasteiger partial charge < -0.3 is 16.0 Å². The first kappa shape index (κ1) is 28.3. The Bertz CT molecular complexity index is 1490. The number of allylic oxidation sites excluding steroid dienone is 2. The Morgan fingerprint density at radius 1 is 1.10 bits per heavy atom. The summed E-state index contributed by atoms with van der Waals surface area (Å²) in [7, 11) is 0. The van der Waals surface area contributed by atoms with Crippen molar-refractivity contribution in [3.63, 3.8) is 0 Å². The molecule has 1 unspecified atom stereocenters. The van der Waals surface area contributed by atoms with E-state index < -0.39 is 0 Å². The van der Waals surface area contributed by atoms with Crippen LogP contribution in [0.4, 0.5) is 11.4 Å². The van der Waals surface area contributed by atoms with Gasteiger partial charge in [-0.05, 0) is 56.5 Å². The molecular weight excluding hydrogens is 494 g/mol. The van der Waals surface area contributed by atoms with Gasteiger partial charge in [0, 0.05) is 40.9 Å². The first-order chi connectivity index (χ1) is 19.4. The number of hydrogen-bond donors (Lipinski definition) is 2. The van der Waals surface area contributed by atoms with E-state index in [1.807, 2.05) is 31.3 Å². The summed E-state index contributed by atoms with van der Waals surface area (Å²) in [6.07, 6.45) is 3.76. The summed E-state index contributed by atoms with van der Waals surface area (Å²) in [5.74, 6) is 0.178. The Hall–Kier alpha value is -4.70. The summed E-state index contributed by atoms with van der Waals surface area (Å²) < 4.78 is 0. The van der Waals surface area contributed by atoms with Gasteiger partial charge in [0.1, 0.15) is 11.9 Å². The van der Waals surface area contributed by atoms with E-state index in [2.05, 4.69) is 89.2 Å². The van der Waals surface area contributed by atoms with Crippen LogP contribution in [0.3, 0.4) is 0 Å². The van der Waals surface area contributed by atoms with E-state index in [1.54, 1.807) is 6.92 Å². The third-order valence-electron chi connectivity index (χ3n) is 7.02. The van der Waals surface area contributed by atoms with Gasteiger partial charge in [-0.2, -0.15) is 5.26 Å². The summed E-state index contributed by atoms with van der Waals surface area (Å²) >= 11 is 0. The third-order valence-corrected chi connectivity index (χ3v) is 7.02. The van der Waals surface area contributed by atoms with Gasteiger partial charge in [0.25, 0.3) is 0 Å². The summed E-state index contributed by atoms with van der Waals surface area (Å²) in [5, 5.41) is 13.8. The summed E-state index contributed by atoms with van der Waals surface area (Å²) in [5.41, 5.74) is 14.9. The van der Waals surface area contributed by atoms with Gasteiger partial charge in [-0.15, -0.1) is 0 Å². The lowest BCUT2D eigenvalue weighted by Crippen LogP contribution is -2.34. The molecule has 204 valence electrons. The molecule has 1 aliphatic heterocycles. The van der Waals surface area contributed by atoms with Crippen LogP contribution in [0.5, 0.6) is 0 Å². The van der Waals surface area contributed by atoms with Gasteiger partial charge in [0.2, 0.25) is 0 Å². The molecule has 0 saturated heterocycles. The van der Waals surface area contributed by atoms with Crippen molar-refractivity contribution in [3.8, 4) is 17.2 Å². The summed E-state index contributed by atoms with van der Waals surface area (Å²) in [6, 6.07) is 22.9. The lowest BCUT2D eigenvalue weighted by molar-refractivity contribution is 0.387. The molecule has 0 spiro atoms. The topological polar surface area (TPSA) is 103 Å². The number of anilines is 1. The van der Waals surface area contributed by atoms with E-state index in [0.29, 0.717) is 17.8 Å². The molecule has 1 atom stereocenters. The lowest BCUT2D eigenvalue weighted by Gasteiger charge is -2.29. The Morgan fingerprint density at radius 3 is 2.50 bits per heavy atom. The number of nitrogens with two attached hydrogens (primary N) is 1. The van der Waals surface area contributed by atoms with Crippen LogP contribution in [0.25, 0.3) is 11.1 Å². The molecule has 7 heteroatoms. The fourth-order valence-electron chi connectivity index (χ4n) is 5.05. The van der Waals surface area contributed by atoms with Crippen LogP contribution in [-0.2, 0) is 6.42 Å². The van der Waals surface area contributed by atoms with Crippen molar-refractivity contribution in [3.05, 3.63) is 102 Å². The highest BCUT2D eigenvalue weighted by atomic mass is 15.2. The van der Waals surface area contributed by atoms with Gasteiger partial charge in [-0.1, -0.05) is 56.8 Å². The van der Waals surface area contributed by atoms with Crippen molar-refractivity contribution < 1.29 is 0 Å². The zero-order chi connectivity index (χ0) is 28.6. The number of aliphatic imine (C=N–C) groups is 2. The number of benzene rings is 2. The normalized spacial score (nSPS) is 15.0. The molecule has 0 radical (unpaired) electrons. The highest BCUT2D eigenvalue weighted by Gasteiger charge is 2.31. The second-order valence-corrected chi connectivity index (χ2v) is 9.86. The molecule has 1 aromatic heterocycles. The quantitative estimate of drug-likeness (QED) is 0.206. The van der Waals surface area contributed by atoms with Crippen molar-refractivity contribution in [1.82, 2.24) is 9.88 Å². The van der Waals surface area contributed by atoms with Crippen LogP contribution in [0, 0.1) is 11.3 Å². The highest BCUT2D eigenvalue weighted by molar-refractivity contribution is 6.04. The fourth-order valence-corrected chi connectivity index (χ4v) is 5.05. The Morgan fingerprint density at radius 2 is 1.88 bits per heavy atom. The molecule has 0 fully saturated rings. The first-order valence-electron chi connectivity index (χ1n) is 13.7. The average molecular weight is 532 g/mol. The summed E-state index contributed by atoms with van der Waals surface area (Å²) in [6.45, 7) is 13.0. The van der Waals surface area contributed by atoms with E-state index >= 15 is 0 Å². The molecule has 2 aromatic carbocycles. The Labute approximate surface area is 237 Å². The first-order valence-corrected chi connectivity index (χ1v) is 13.7. The van der Waals surface area contributed by atoms with Crippen LogP contribution in [-0.4, -0.2) is 34.4 Å². The molecule has 3 aromatic rings. The van der Waals surface area contributed by atoms with Crippen molar-refractivity contribution >= 4 is 22.8 Å². The number of fused-ring (bicyclic) bond motifs is 1. The number of para-hydroxylation sites is 1. The zero-order valence-corrected chi connectivity index (χ0v) is 23.8. The van der Waals surface area contributed by atoms with Crippen molar-refractivity contribution in [2.24, 2.45) is 15.7 Å². The largest absolute Gasteiger partial charge is 0.384 e. The Kier molecular flexibility index (Phi) is 9.13. The number of nitriles is 1. The molecular formula is C33H37N7. The maximum absolute atomic E-state index is 10.0. The smallest absolute Gasteiger partial charge is 0.116 e. The number of aryl methyl sites for hydroxylation is 1. The van der Waals surface area contributed by atoms with Gasteiger partial charge >= 0.3 is 0 Å². The molecule has 0 aliphatic carbocycles. The maximum atomic E-state index is 10.0. The molecule has 4 rings (SSSR count). The van der Waals surface area contributed by atoms with E-state index in [-0.39, 0.29) is 11.9 Å². The van der Waals surface area contributed by atoms with Crippen molar-refractivity contribution in [2.75, 3.05) is 18.4 Å². The van der Waals surface area contributed by atoms with Crippen molar-refractivity contribution in [1.29, 1.82) is 5.26 Å². The van der Waals surface area contributed by atoms with E-state index in [9.17, 15) is 5.26 Å². The van der Waals surface area contributed by atoms with Crippen LogP contribution in [0.15, 0.2) is 101 Å². The molecule has 1 aliphatic rings. The van der Waals surface area contributed by atoms with Gasteiger partial charge in [0.15, 0.2) is 0 Å². The van der Waals surface area contributed by atoms with Crippen LogP contribution >= 0.6 is 0 Å². The predicted molar refractivity (Wildman–Crippen MR) is 166 cm³/mol. The predicted octanol–water partition coefficient (Wildman–Crippen LogP) is 6.95. The second kappa shape index (κ2) is 12.9. The van der Waals surface area contributed by atoms with E-state index in [4.69, 9.17) is 10.7 Å². The van der Waals surface area contributed by atoms with E-state index in [0.717, 1.165) is 64.6 Å². The summed E-state index contributed by atoms with van der Waals surface area (Å²) in [4.78, 5) is 16.3. The number of rotatable bonds is 11. The van der Waals surface area contributed by atoms with Gasteiger partial charge in [-0.3, -0.25) is 9.98 Å². The molecule has 0 amide bonds. The van der Waals surface area contributed by atoms with Crippen LogP contribution < -0.4 is 11.1 Å². The number of aromatic nitrogens is 1. The lowest BCUT2D eigenvalue weighted by atomic mass is 9.93. The standard InChI is InChI=1S/C33H37N7/c1-6-18-40(23(4)29(19-34)22(3)37-24(5)35)21-31-33(38-27-12-9-8-10-13-27)32-28(14-11-15-30(32)39-31)25-16-17-26(7-2)36-20-25/h8-17,20,33,38H,5-7,18,21,35H2,1-4H3/b29-23+,37-22-. The van der Waals surface area contributed by atoms with Crippen molar-refractivity contribution in [2.45, 2.75) is 46.6 Å². The molecule has 3 N–H and O–H groups in total. The molecule has 2 heterocycles. The monoisotopic (exact) mass is 531 g/mol. The third kappa shape index (κ3) is 6.29. The Balaban J connectivity index is 1.78. The molecule has 0 saturated carbocycles. The minimum absolute atomic E-state index is 0.157. The highest BCUT2D eigenvalue weighted by Crippen LogP contribution is 2.42. The van der Waals surface area contributed by atoms with Crippen LogP contribution in [0.1, 0.15) is 51.4 Å². The van der Waals surface area contributed by atoms with E-state index in [1.165, 1.54) is 0 Å². The number of nitrogens with zero attached hydrogens (tertiary/aromatic N) is 5. The van der Waals surface area contributed by atoms with Gasteiger partial charge in [-0.25, -0.2) is 4.99 Å². The SMILES string of the molecule is C=C(N)/N=C(C)\C(C#N)=C(/C)N(CCC)CC1=Nc2cccc(-c3ccc(CC)nc3)c2C1Nc1ccccc1. The molecule has 40 heavy (non-hydrogen) atoms. The zero-order valence-electron chi connectivity index (χ0n) is 23.8. The minimum Gasteiger partial charge on any atom is -0.384 e.